The zero-order valence-corrected chi connectivity index (χ0v) is 16.0. The predicted molar refractivity (Wildman–Crippen MR) is 100 cm³/mol. The van der Waals surface area contributed by atoms with Crippen LogP contribution in [0.5, 0.6) is 11.5 Å². The van der Waals surface area contributed by atoms with Crippen molar-refractivity contribution in [1.29, 1.82) is 5.26 Å². The average molecular weight is 345 g/mol. The van der Waals surface area contributed by atoms with Crippen LogP contribution in [0.3, 0.4) is 0 Å². The third-order valence-corrected chi connectivity index (χ3v) is 4.82. The van der Waals surface area contributed by atoms with E-state index in [-0.39, 0.29) is 6.04 Å². The molecular formula is C20H31N3O2. The lowest BCUT2D eigenvalue weighted by molar-refractivity contribution is 0.0880. The fourth-order valence-electron chi connectivity index (χ4n) is 3.09. The van der Waals surface area contributed by atoms with Crippen molar-refractivity contribution >= 4 is 0 Å². The summed E-state index contributed by atoms with van der Waals surface area (Å²) >= 11 is 0. The Labute approximate surface area is 152 Å². The van der Waals surface area contributed by atoms with Crippen molar-refractivity contribution < 1.29 is 9.47 Å². The summed E-state index contributed by atoms with van der Waals surface area (Å²) in [4.78, 5) is 4.59. The molecule has 1 aliphatic rings. The second-order valence-corrected chi connectivity index (χ2v) is 6.70. The Morgan fingerprint density at radius 3 is 2.68 bits per heavy atom. The van der Waals surface area contributed by atoms with Crippen LogP contribution in [0, 0.1) is 11.3 Å². The molecule has 0 saturated carbocycles. The van der Waals surface area contributed by atoms with E-state index in [9.17, 15) is 5.26 Å². The largest absolute Gasteiger partial charge is 0.490 e. The summed E-state index contributed by atoms with van der Waals surface area (Å²) in [5.41, 5.74) is 0.977. The van der Waals surface area contributed by atoms with Gasteiger partial charge in [0.25, 0.3) is 0 Å². The molecule has 1 aromatic carbocycles. The SMILES string of the molecule is CCCCOc1ccc(C(C#N)N2CCN(C)C(C)C2)cc1OCC. The van der Waals surface area contributed by atoms with Gasteiger partial charge in [0.05, 0.1) is 19.3 Å². The summed E-state index contributed by atoms with van der Waals surface area (Å²) in [6.45, 7) is 10.4. The molecule has 1 heterocycles. The van der Waals surface area contributed by atoms with Crippen LogP contribution in [0.15, 0.2) is 18.2 Å². The Bertz CT molecular complexity index is 585. The van der Waals surface area contributed by atoms with Crippen molar-refractivity contribution in [3.8, 4) is 17.6 Å². The van der Waals surface area contributed by atoms with Crippen LogP contribution >= 0.6 is 0 Å². The number of likely N-dealkylation sites (N-methyl/N-ethyl adjacent to an activating group) is 1. The zero-order chi connectivity index (χ0) is 18.2. The van der Waals surface area contributed by atoms with Crippen molar-refractivity contribution in [2.24, 2.45) is 0 Å². The first-order valence-electron chi connectivity index (χ1n) is 9.34. The first-order chi connectivity index (χ1) is 12.1. The van der Waals surface area contributed by atoms with Crippen molar-refractivity contribution in [2.75, 3.05) is 39.9 Å². The van der Waals surface area contributed by atoms with Crippen molar-refractivity contribution in [1.82, 2.24) is 9.80 Å². The maximum absolute atomic E-state index is 9.77. The molecular weight excluding hydrogens is 314 g/mol. The van der Waals surface area contributed by atoms with Gasteiger partial charge in [-0.2, -0.15) is 5.26 Å². The second kappa shape index (κ2) is 9.65. The molecule has 2 rings (SSSR count). The van der Waals surface area contributed by atoms with Crippen molar-refractivity contribution in [3.05, 3.63) is 23.8 Å². The molecule has 0 radical (unpaired) electrons. The minimum Gasteiger partial charge on any atom is -0.490 e. The molecule has 5 nitrogen and oxygen atoms in total. The number of nitriles is 1. The van der Waals surface area contributed by atoms with Crippen LogP contribution in [0.4, 0.5) is 0 Å². The van der Waals surface area contributed by atoms with Crippen LogP contribution in [0.2, 0.25) is 0 Å². The van der Waals surface area contributed by atoms with E-state index in [0.29, 0.717) is 19.3 Å². The molecule has 0 N–H and O–H groups in total. The number of hydrogen-bond acceptors (Lipinski definition) is 5. The summed E-state index contributed by atoms with van der Waals surface area (Å²) in [6.07, 6.45) is 2.12. The van der Waals surface area contributed by atoms with E-state index in [4.69, 9.17) is 9.47 Å². The molecule has 0 bridgehead atoms. The highest BCUT2D eigenvalue weighted by atomic mass is 16.5. The number of nitrogens with zero attached hydrogens (tertiary/aromatic N) is 3. The highest BCUT2D eigenvalue weighted by Gasteiger charge is 2.28. The number of rotatable bonds is 8. The molecule has 1 aromatic rings. The maximum Gasteiger partial charge on any atom is 0.161 e. The summed E-state index contributed by atoms with van der Waals surface area (Å²) in [5.74, 6) is 1.50. The van der Waals surface area contributed by atoms with Gasteiger partial charge in [-0.25, -0.2) is 0 Å². The number of ether oxygens (including phenoxy) is 2. The molecule has 1 fully saturated rings. The molecule has 1 saturated heterocycles. The molecule has 2 unspecified atom stereocenters. The maximum atomic E-state index is 9.77. The lowest BCUT2D eigenvalue weighted by Gasteiger charge is -2.39. The fraction of sp³-hybridized carbons (Fsp3) is 0.650. The van der Waals surface area contributed by atoms with Gasteiger partial charge in [-0.15, -0.1) is 0 Å². The number of unbranched alkanes of at least 4 members (excludes halogenated alkanes) is 1. The van der Waals surface area contributed by atoms with Gasteiger partial charge in [0.2, 0.25) is 0 Å². The fourth-order valence-corrected chi connectivity index (χ4v) is 3.09. The topological polar surface area (TPSA) is 48.7 Å². The summed E-state index contributed by atoms with van der Waals surface area (Å²) in [6, 6.07) is 8.60. The van der Waals surface area contributed by atoms with E-state index >= 15 is 0 Å². The number of piperazine rings is 1. The van der Waals surface area contributed by atoms with Gasteiger partial charge in [-0.1, -0.05) is 19.4 Å². The molecule has 5 heteroatoms. The van der Waals surface area contributed by atoms with Gasteiger partial charge >= 0.3 is 0 Å². The van der Waals surface area contributed by atoms with Gasteiger partial charge < -0.3 is 14.4 Å². The van der Waals surface area contributed by atoms with Gasteiger partial charge in [0.15, 0.2) is 11.5 Å². The normalized spacial score (nSPS) is 20.0. The minimum atomic E-state index is -0.250. The van der Waals surface area contributed by atoms with Crippen LogP contribution in [-0.2, 0) is 0 Å². The van der Waals surface area contributed by atoms with Gasteiger partial charge in [0.1, 0.15) is 6.04 Å². The molecule has 2 atom stereocenters. The number of hydrogen-bond donors (Lipinski definition) is 0. The zero-order valence-electron chi connectivity index (χ0n) is 16.0. The summed E-state index contributed by atoms with van der Waals surface area (Å²) in [7, 11) is 2.14. The summed E-state index contributed by atoms with van der Waals surface area (Å²) in [5, 5.41) is 9.77. The Hall–Kier alpha value is -1.77. The third kappa shape index (κ3) is 5.10. The standard InChI is InChI=1S/C20H31N3O2/c1-5-7-12-25-19-9-8-17(13-20(19)24-6-2)18(14-21)23-11-10-22(4)16(3)15-23/h8-9,13,16,18H,5-7,10-12,15H2,1-4H3. The molecule has 0 aliphatic carbocycles. The van der Waals surface area contributed by atoms with Crippen LogP contribution in [0.1, 0.15) is 45.2 Å². The van der Waals surface area contributed by atoms with Gasteiger partial charge in [-0.05, 0) is 45.0 Å². The molecule has 138 valence electrons. The molecule has 0 amide bonds. The molecule has 0 aromatic heterocycles. The van der Waals surface area contributed by atoms with Gasteiger partial charge in [-0.3, -0.25) is 4.90 Å². The lowest BCUT2D eigenvalue weighted by atomic mass is 10.0. The second-order valence-electron chi connectivity index (χ2n) is 6.70. The molecule has 1 aliphatic heterocycles. The first-order valence-corrected chi connectivity index (χ1v) is 9.34. The highest BCUT2D eigenvalue weighted by Crippen LogP contribution is 2.33. The molecule has 0 spiro atoms. The Kier molecular flexibility index (Phi) is 7.54. The van der Waals surface area contributed by atoms with Crippen molar-refractivity contribution in [3.63, 3.8) is 0 Å². The van der Waals surface area contributed by atoms with E-state index in [1.165, 1.54) is 0 Å². The smallest absolute Gasteiger partial charge is 0.161 e. The van der Waals surface area contributed by atoms with Crippen molar-refractivity contribution in [2.45, 2.75) is 45.7 Å². The van der Waals surface area contributed by atoms with E-state index in [0.717, 1.165) is 49.5 Å². The Balaban J connectivity index is 2.18. The Morgan fingerprint density at radius 1 is 1.24 bits per heavy atom. The average Bonchev–Trinajstić information content (AvgIpc) is 2.61. The van der Waals surface area contributed by atoms with E-state index in [1.807, 2.05) is 25.1 Å². The van der Waals surface area contributed by atoms with Gasteiger partial charge in [0, 0.05) is 25.7 Å². The van der Waals surface area contributed by atoms with Crippen LogP contribution in [-0.4, -0.2) is 55.7 Å². The monoisotopic (exact) mass is 345 g/mol. The third-order valence-electron chi connectivity index (χ3n) is 4.82. The first kappa shape index (κ1) is 19.6. The van der Waals surface area contributed by atoms with E-state index < -0.39 is 0 Å². The number of benzene rings is 1. The van der Waals surface area contributed by atoms with E-state index in [1.54, 1.807) is 0 Å². The Morgan fingerprint density at radius 2 is 2.04 bits per heavy atom. The van der Waals surface area contributed by atoms with Crippen LogP contribution in [0.25, 0.3) is 0 Å². The minimum absolute atomic E-state index is 0.250. The highest BCUT2D eigenvalue weighted by molar-refractivity contribution is 5.45. The summed E-state index contributed by atoms with van der Waals surface area (Å²) < 4.78 is 11.6. The van der Waals surface area contributed by atoms with Crippen LogP contribution < -0.4 is 9.47 Å². The van der Waals surface area contributed by atoms with E-state index in [2.05, 4.69) is 36.8 Å². The molecule has 25 heavy (non-hydrogen) atoms. The lowest BCUT2D eigenvalue weighted by Crippen LogP contribution is -2.50. The quantitative estimate of drug-likeness (QED) is 0.675. The predicted octanol–water partition coefficient (Wildman–Crippen LogP) is 3.46.